The fourth-order valence-electron chi connectivity index (χ4n) is 3.30. The highest BCUT2D eigenvalue weighted by atomic mass is 16.5. The molecule has 172 valence electrons. The molecule has 2 N–H and O–H groups in total. The molecular formula is C24H39N5O2. The molecule has 0 aliphatic carbocycles. The minimum atomic E-state index is -0.0293. The summed E-state index contributed by atoms with van der Waals surface area (Å²) in [6.45, 7) is 11.2. The Labute approximate surface area is 187 Å². The van der Waals surface area contributed by atoms with E-state index in [1.165, 1.54) is 5.56 Å². The molecule has 0 atom stereocenters. The Morgan fingerprint density at radius 1 is 1.23 bits per heavy atom. The van der Waals surface area contributed by atoms with E-state index in [-0.39, 0.29) is 12.5 Å². The fourth-order valence-corrected chi connectivity index (χ4v) is 3.30. The second kappa shape index (κ2) is 13.8. The molecule has 1 amide bonds. The topological polar surface area (TPSA) is 69.2 Å². The fraction of sp³-hybridized carbons (Fsp3) is 0.583. The lowest BCUT2D eigenvalue weighted by Gasteiger charge is -2.32. The Morgan fingerprint density at radius 2 is 1.94 bits per heavy atom. The number of hydrogen-bond donors (Lipinski definition) is 2. The van der Waals surface area contributed by atoms with Crippen LogP contribution < -0.4 is 10.6 Å². The summed E-state index contributed by atoms with van der Waals surface area (Å²) in [6.07, 6.45) is 3.40. The molecule has 1 heterocycles. The molecule has 1 aliphatic heterocycles. The maximum Gasteiger partial charge on any atom is 0.243 e. The van der Waals surface area contributed by atoms with Crippen molar-refractivity contribution in [3.8, 4) is 0 Å². The highest BCUT2D eigenvalue weighted by molar-refractivity contribution is 5.84. The number of rotatable bonds is 11. The van der Waals surface area contributed by atoms with Crippen LogP contribution in [-0.2, 0) is 16.1 Å². The summed E-state index contributed by atoms with van der Waals surface area (Å²) in [5.74, 6) is 0.603. The van der Waals surface area contributed by atoms with Crippen LogP contribution in [0.25, 0.3) is 0 Å². The lowest BCUT2D eigenvalue weighted by atomic mass is 10.1. The third-order valence-electron chi connectivity index (χ3n) is 5.18. The summed E-state index contributed by atoms with van der Waals surface area (Å²) >= 11 is 0. The van der Waals surface area contributed by atoms with Crippen molar-refractivity contribution < 1.29 is 9.53 Å². The normalized spacial score (nSPS) is 15.5. The van der Waals surface area contributed by atoms with Gasteiger partial charge in [0.15, 0.2) is 5.96 Å². The van der Waals surface area contributed by atoms with E-state index in [4.69, 9.17) is 4.74 Å². The van der Waals surface area contributed by atoms with Crippen molar-refractivity contribution in [1.82, 2.24) is 20.4 Å². The number of nitrogens with zero attached hydrogens (tertiary/aromatic N) is 3. The van der Waals surface area contributed by atoms with Crippen LogP contribution >= 0.6 is 0 Å². The van der Waals surface area contributed by atoms with Gasteiger partial charge in [0.05, 0.1) is 6.10 Å². The van der Waals surface area contributed by atoms with Gasteiger partial charge in [-0.3, -0.25) is 9.69 Å². The molecule has 0 unspecified atom stereocenters. The molecule has 1 aromatic carbocycles. The van der Waals surface area contributed by atoms with Gasteiger partial charge in [-0.15, -0.1) is 0 Å². The number of ether oxygens (including phenoxy) is 1. The first kappa shape index (κ1) is 24.9. The van der Waals surface area contributed by atoms with Gasteiger partial charge < -0.3 is 20.3 Å². The quantitative estimate of drug-likeness (QED) is 0.244. The molecule has 1 aliphatic rings. The number of hydrogen-bond acceptors (Lipinski definition) is 4. The van der Waals surface area contributed by atoms with Gasteiger partial charge in [0.1, 0.15) is 6.54 Å². The second-order valence-corrected chi connectivity index (χ2v) is 8.38. The van der Waals surface area contributed by atoms with Gasteiger partial charge in [-0.1, -0.05) is 42.5 Å². The molecular weight excluding hydrogens is 390 g/mol. The zero-order chi connectivity index (χ0) is 22.5. The molecule has 1 aromatic rings. The van der Waals surface area contributed by atoms with Gasteiger partial charge >= 0.3 is 0 Å². The number of piperidine rings is 1. The standard InChI is InChI=1S/C24H39N5O2/c1-20(2)17-26-24(27-18-23(30)28(3)4)25-13-8-16-31-22-11-14-29(15-12-22)19-21-9-6-5-7-10-21/h5-7,9-10,22H,1,8,11-19H2,2-4H3,(H2,25,26,27). The van der Waals surface area contributed by atoms with Gasteiger partial charge in [0.2, 0.25) is 5.91 Å². The Kier molecular flexibility index (Phi) is 11.1. The van der Waals surface area contributed by atoms with Crippen molar-refractivity contribution in [2.45, 2.75) is 38.8 Å². The SMILES string of the molecule is C=C(C)CNC(=NCC(=O)N(C)C)NCCCOC1CCN(Cc2ccccc2)CC1. The molecule has 7 nitrogen and oxygen atoms in total. The summed E-state index contributed by atoms with van der Waals surface area (Å²) in [6, 6.07) is 10.6. The molecule has 0 saturated carbocycles. The first-order valence-corrected chi connectivity index (χ1v) is 11.2. The zero-order valence-corrected chi connectivity index (χ0v) is 19.4. The first-order chi connectivity index (χ1) is 14.9. The summed E-state index contributed by atoms with van der Waals surface area (Å²) in [5, 5.41) is 6.48. The van der Waals surface area contributed by atoms with Crippen LogP contribution in [0.4, 0.5) is 0 Å². The average Bonchev–Trinajstić information content (AvgIpc) is 2.76. The molecule has 0 spiro atoms. The van der Waals surface area contributed by atoms with Crippen LogP contribution in [0.2, 0.25) is 0 Å². The number of nitrogens with one attached hydrogen (secondary N) is 2. The number of likely N-dealkylation sites (tertiary alicyclic amines) is 1. The predicted molar refractivity (Wildman–Crippen MR) is 127 cm³/mol. The molecule has 7 heteroatoms. The van der Waals surface area contributed by atoms with E-state index in [1.54, 1.807) is 19.0 Å². The zero-order valence-electron chi connectivity index (χ0n) is 19.4. The largest absolute Gasteiger partial charge is 0.378 e. The summed E-state index contributed by atoms with van der Waals surface area (Å²) in [5.41, 5.74) is 2.38. The van der Waals surface area contributed by atoms with E-state index in [0.717, 1.165) is 57.6 Å². The van der Waals surface area contributed by atoms with E-state index >= 15 is 0 Å². The van der Waals surface area contributed by atoms with Gasteiger partial charge in [0, 0.05) is 53.4 Å². The number of carbonyl (C=O) groups excluding carboxylic acids is 1. The molecule has 31 heavy (non-hydrogen) atoms. The molecule has 2 rings (SSSR count). The van der Waals surface area contributed by atoms with Gasteiger partial charge in [-0.2, -0.15) is 0 Å². The van der Waals surface area contributed by atoms with Crippen LogP contribution in [0.3, 0.4) is 0 Å². The van der Waals surface area contributed by atoms with Crippen molar-refractivity contribution in [2.75, 3.05) is 53.4 Å². The summed E-state index contributed by atoms with van der Waals surface area (Å²) < 4.78 is 6.09. The Hall–Kier alpha value is -2.38. The maximum atomic E-state index is 11.8. The van der Waals surface area contributed by atoms with Crippen molar-refractivity contribution in [3.63, 3.8) is 0 Å². The van der Waals surface area contributed by atoms with E-state index in [1.807, 2.05) is 6.92 Å². The molecule has 0 aromatic heterocycles. The Bertz CT molecular complexity index is 697. The van der Waals surface area contributed by atoms with Crippen molar-refractivity contribution in [1.29, 1.82) is 0 Å². The lowest BCUT2D eigenvalue weighted by Crippen LogP contribution is -2.40. The van der Waals surface area contributed by atoms with E-state index < -0.39 is 0 Å². The van der Waals surface area contributed by atoms with Gasteiger partial charge in [0.25, 0.3) is 0 Å². The van der Waals surface area contributed by atoms with Crippen molar-refractivity contribution in [3.05, 3.63) is 48.0 Å². The smallest absolute Gasteiger partial charge is 0.243 e. The molecule has 0 radical (unpaired) electrons. The number of likely N-dealkylation sites (N-methyl/N-ethyl adjacent to an activating group) is 1. The van der Waals surface area contributed by atoms with E-state index in [0.29, 0.717) is 18.6 Å². The Balaban J connectivity index is 1.62. The Morgan fingerprint density at radius 3 is 2.58 bits per heavy atom. The number of benzene rings is 1. The number of amides is 1. The minimum Gasteiger partial charge on any atom is -0.378 e. The third-order valence-corrected chi connectivity index (χ3v) is 5.18. The first-order valence-electron chi connectivity index (χ1n) is 11.2. The van der Waals surface area contributed by atoms with Crippen LogP contribution in [-0.4, -0.2) is 81.2 Å². The van der Waals surface area contributed by atoms with Gasteiger partial charge in [-0.05, 0) is 31.7 Å². The van der Waals surface area contributed by atoms with Crippen LogP contribution in [0, 0.1) is 0 Å². The minimum absolute atomic E-state index is 0.0293. The van der Waals surface area contributed by atoms with E-state index in [2.05, 4.69) is 57.4 Å². The van der Waals surface area contributed by atoms with Gasteiger partial charge in [-0.25, -0.2) is 4.99 Å². The number of guanidine groups is 1. The summed E-state index contributed by atoms with van der Waals surface area (Å²) in [4.78, 5) is 20.2. The predicted octanol–water partition coefficient (Wildman–Crippen LogP) is 2.26. The highest BCUT2D eigenvalue weighted by Crippen LogP contribution is 2.16. The van der Waals surface area contributed by atoms with Crippen LogP contribution in [0.15, 0.2) is 47.5 Å². The summed E-state index contributed by atoms with van der Waals surface area (Å²) in [7, 11) is 3.46. The second-order valence-electron chi connectivity index (χ2n) is 8.38. The number of carbonyl (C=O) groups is 1. The average molecular weight is 430 g/mol. The molecule has 1 fully saturated rings. The van der Waals surface area contributed by atoms with Crippen LogP contribution in [0.5, 0.6) is 0 Å². The lowest BCUT2D eigenvalue weighted by molar-refractivity contribution is -0.127. The maximum absolute atomic E-state index is 11.8. The van der Waals surface area contributed by atoms with Crippen molar-refractivity contribution in [2.24, 2.45) is 4.99 Å². The van der Waals surface area contributed by atoms with Crippen LogP contribution in [0.1, 0.15) is 31.7 Å². The molecule has 0 bridgehead atoms. The van der Waals surface area contributed by atoms with E-state index in [9.17, 15) is 4.79 Å². The number of aliphatic imine (C=N–C) groups is 1. The highest BCUT2D eigenvalue weighted by Gasteiger charge is 2.19. The monoisotopic (exact) mass is 429 g/mol. The molecule has 1 saturated heterocycles. The third kappa shape index (κ3) is 10.5. The van der Waals surface area contributed by atoms with Crippen molar-refractivity contribution >= 4 is 11.9 Å².